The Labute approximate surface area is 98.6 Å². The van der Waals surface area contributed by atoms with Crippen molar-refractivity contribution in [2.75, 3.05) is 0 Å². The van der Waals surface area contributed by atoms with Gasteiger partial charge in [0.1, 0.15) is 11.1 Å². The zero-order valence-corrected chi connectivity index (χ0v) is 10.7. The fourth-order valence-electron chi connectivity index (χ4n) is 1.74. The summed E-state index contributed by atoms with van der Waals surface area (Å²) in [6.07, 6.45) is -0.504. The fraction of sp³-hybridized carbons (Fsp3) is 0.455. The van der Waals surface area contributed by atoms with Crippen molar-refractivity contribution in [3.8, 4) is 11.3 Å². The summed E-state index contributed by atoms with van der Waals surface area (Å²) >= 11 is 1.48. The molecule has 0 bridgehead atoms. The highest BCUT2D eigenvalue weighted by Gasteiger charge is 2.15. The summed E-state index contributed by atoms with van der Waals surface area (Å²) < 4.78 is 1.85. The van der Waals surface area contributed by atoms with Crippen LogP contribution in [0.3, 0.4) is 0 Å². The topological polar surface area (TPSA) is 50.9 Å². The molecule has 1 atom stereocenters. The summed E-state index contributed by atoms with van der Waals surface area (Å²) in [5.41, 5.74) is 4.05. The van der Waals surface area contributed by atoms with Crippen molar-refractivity contribution in [1.29, 1.82) is 0 Å². The average molecular weight is 237 g/mol. The molecule has 86 valence electrons. The molecule has 0 saturated carbocycles. The summed E-state index contributed by atoms with van der Waals surface area (Å²) in [7, 11) is 1.92. The SMILES string of the molecule is Cc1nn(C)c(C)c1-c1csc(C(C)O)n1. The molecule has 2 aromatic rings. The van der Waals surface area contributed by atoms with Crippen molar-refractivity contribution in [3.63, 3.8) is 0 Å². The molecule has 0 fully saturated rings. The molecule has 4 nitrogen and oxygen atoms in total. The van der Waals surface area contributed by atoms with E-state index < -0.39 is 6.10 Å². The molecule has 0 aliphatic rings. The lowest BCUT2D eigenvalue weighted by Gasteiger charge is -1.98. The maximum Gasteiger partial charge on any atom is 0.122 e. The minimum absolute atomic E-state index is 0.504. The Bertz CT molecular complexity index is 513. The predicted octanol–water partition coefficient (Wildman–Crippen LogP) is 2.21. The normalized spacial score (nSPS) is 13.1. The largest absolute Gasteiger partial charge is 0.386 e. The quantitative estimate of drug-likeness (QED) is 0.871. The van der Waals surface area contributed by atoms with E-state index in [1.165, 1.54) is 11.3 Å². The standard InChI is InChI=1S/C11H15N3OS/c1-6-10(7(2)14(4)13-6)9-5-16-11(12-9)8(3)15/h5,8,15H,1-4H3. The van der Waals surface area contributed by atoms with Gasteiger partial charge in [0.2, 0.25) is 0 Å². The van der Waals surface area contributed by atoms with Crippen molar-refractivity contribution in [2.45, 2.75) is 26.9 Å². The third kappa shape index (κ3) is 1.76. The summed E-state index contributed by atoms with van der Waals surface area (Å²) in [4.78, 5) is 4.43. The number of aromatic nitrogens is 3. The van der Waals surface area contributed by atoms with Crippen LogP contribution in [0.25, 0.3) is 11.3 Å². The number of aliphatic hydroxyl groups is 1. The van der Waals surface area contributed by atoms with Gasteiger partial charge in [-0.3, -0.25) is 4.68 Å². The lowest BCUT2D eigenvalue weighted by Crippen LogP contribution is -1.93. The smallest absolute Gasteiger partial charge is 0.122 e. The molecular formula is C11H15N3OS. The molecule has 0 aliphatic carbocycles. The first-order chi connectivity index (χ1) is 7.50. The van der Waals surface area contributed by atoms with E-state index in [1.54, 1.807) is 6.92 Å². The lowest BCUT2D eigenvalue weighted by atomic mass is 10.1. The van der Waals surface area contributed by atoms with Crippen molar-refractivity contribution < 1.29 is 5.11 Å². The minimum atomic E-state index is -0.504. The maximum absolute atomic E-state index is 9.45. The third-order valence-corrected chi connectivity index (χ3v) is 3.66. The second-order valence-electron chi connectivity index (χ2n) is 3.92. The molecule has 0 aromatic carbocycles. The van der Waals surface area contributed by atoms with Gasteiger partial charge < -0.3 is 5.11 Å². The highest BCUT2D eigenvalue weighted by Crippen LogP contribution is 2.29. The van der Waals surface area contributed by atoms with E-state index in [4.69, 9.17) is 0 Å². The Morgan fingerprint density at radius 2 is 2.12 bits per heavy atom. The van der Waals surface area contributed by atoms with Crippen LogP contribution in [0.5, 0.6) is 0 Å². The molecule has 2 rings (SSSR count). The van der Waals surface area contributed by atoms with E-state index in [0.29, 0.717) is 0 Å². The molecule has 16 heavy (non-hydrogen) atoms. The summed E-state index contributed by atoms with van der Waals surface area (Å²) in [5.74, 6) is 0. The summed E-state index contributed by atoms with van der Waals surface area (Å²) in [6.45, 7) is 5.73. The van der Waals surface area contributed by atoms with E-state index in [0.717, 1.165) is 27.7 Å². The van der Waals surface area contributed by atoms with Gasteiger partial charge in [0.05, 0.1) is 11.4 Å². The molecule has 2 heterocycles. The van der Waals surface area contributed by atoms with Gasteiger partial charge in [-0.05, 0) is 20.8 Å². The van der Waals surface area contributed by atoms with Gasteiger partial charge in [-0.2, -0.15) is 5.10 Å². The van der Waals surface area contributed by atoms with E-state index in [-0.39, 0.29) is 0 Å². The zero-order valence-electron chi connectivity index (χ0n) is 9.85. The Morgan fingerprint density at radius 3 is 2.56 bits per heavy atom. The van der Waals surface area contributed by atoms with Crippen LogP contribution < -0.4 is 0 Å². The van der Waals surface area contributed by atoms with Gasteiger partial charge in [0, 0.05) is 23.7 Å². The first-order valence-electron chi connectivity index (χ1n) is 5.14. The van der Waals surface area contributed by atoms with Crippen LogP contribution in [0.15, 0.2) is 5.38 Å². The number of aryl methyl sites for hydroxylation is 2. The number of aliphatic hydroxyl groups excluding tert-OH is 1. The molecule has 5 heteroatoms. The number of nitrogens with zero attached hydrogens (tertiary/aromatic N) is 3. The summed E-state index contributed by atoms with van der Waals surface area (Å²) in [5, 5.41) is 16.5. The van der Waals surface area contributed by atoms with Crippen molar-refractivity contribution in [2.24, 2.45) is 7.05 Å². The van der Waals surface area contributed by atoms with Crippen molar-refractivity contribution in [1.82, 2.24) is 14.8 Å². The van der Waals surface area contributed by atoms with Crippen molar-refractivity contribution in [3.05, 3.63) is 21.8 Å². The first-order valence-corrected chi connectivity index (χ1v) is 6.02. The Morgan fingerprint density at radius 1 is 1.44 bits per heavy atom. The Balaban J connectivity index is 2.50. The van der Waals surface area contributed by atoms with Gasteiger partial charge in [-0.15, -0.1) is 11.3 Å². The predicted molar refractivity (Wildman–Crippen MR) is 64.4 cm³/mol. The van der Waals surface area contributed by atoms with Gasteiger partial charge in [0.25, 0.3) is 0 Å². The molecule has 0 spiro atoms. The molecule has 1 N–H and O–H groups in total. The molecule has 2 aromatic heterocycles. The van der Waals surface area contributed by atoms with Crippen LogP contribution in [0.1, 0.15) is 29.4 Å². The fourth-order valence-corrected chi connectivity index (χ4v) is 2.49. The number of rotatable bonds is 2. The minimum Gasteiger partial charge on any atom is -0.386 e. The number of thiazole rings is 1. The van der Waals surface area contributed by atoms with E-state index in [9.17, 15) is 5.11 Å². The molecule has 0 saturated heterocycles. The van der Waals surface area contributed by atoms with Crippen LogP contribution in [-0.4, -0.2) is 19.9 Å². The van der Waals surface area contributed by atoms with Gasteiger partial charge >= 0.3 is 0 Å². The zero-order chi connectivity index (χ0) is 11.9. The third-order valence-electron chi connectivity index (χ3n) is 2.64. The molecular weight excluding hydrogens is 222 g/mol. The number of hydrogen-bond donors (Lipinski definition) is 1. The van der Waals surface area contributed by atoms with Crippen LogP contribution in [0, 0.1) is 13.8 Å². The van der Waals surface area contributed by atoms with Crippen molar-refractivity contribution >= 4 is 11.3 Å². The van der Waals surface area contributed by atoms with E-state index in [2.05, 4.69) is 10.1 Å². The average Bonchev–Trinajstić information content (AvgIpc) is 2.74. The molecule has 0 amide bonds. The second kappa shape index (κ2) is 3.99. The highest BCUT2D eigenvalue weighted by molar-refractivity contribution is 7.10. The lowest BCUT2D eigenvalue weighted by molar-refractivity contribution is 0.199. The van der Waals surface area contributed by atoms with Crippen LogP contribution in [0.2, 0.25) is 0 Å². The van der Waals surface area contributed by atoms with Gasteiger partial charge in [-0.1, -0.05) is 0 Å². The first kappa shape index (κ1) is 11.3. The van der Waals surface area contributed by atoms with E-state index >= 15 is 0 Å². The molecule has 0 aliphatic heterocycles. The van der Waals surface area contributed by atoms with E-state index in [1.807, 2.05) is 31.0 Å². The maximum atomic E-state index is 9.45. The Hall–Kier alpha value is -1.20. The monoisotopic (exact) mass is 237 g/mol. The van der Waals surface area contributed by atoms with Crippen LogP contribution in [-0.2, 0) is 7.05 Å². The molecule has 0 radical (unpaired) electrons. The van der Waals surface area contributed by atoms with Gasteiger partial charge in [-0.25, -0.2) is 4.98 Å². The van der Waals surface area contributed by atoms with Gasteiger partial charge in [0.15, 0.2) is 0 Å². The summed E-state index contributed by atoms with van der Waals surface area (Å²) in [6, 6.07) is 0. The number of hydrogen-bond acceptors (Lipinski definition) is 4. The van der Waals surface area contributed by atoms with Crippen LogP contribution >= 0.6 is 11.3 Å². The highest BCUT2D eigenvalue weighted by atomic mass is 32.1. The molecule has 1 unspecified atom stereocenters. The Kier molecular flexibility index (Phi) is 2.82. The second-order valence-corrected chi connectivity index (χ2v) is 4.81. The van der Waals surface area contributed by atoms with Crippen LogP contribution in [0.4, 0.5) is 0 Å².